The standard InChI is InChI=1S/C23H20Cl2F3N5O6S/c1-22(2,9-40(3,36)37)31-21(35)16-17(12(25)7-14-18(16)39-10-38-14)30-20(34)13-8-15(23(26,27)28)32-33(13)19-11(24)5-4-6-29-19/h4-8H,9-10H2,1-3H3,(H,30,34)(H,31,35). The van der Waals surface area contributed by atoms with E-state index in [0.29, 0.717) is 10.7 Å². The van der Waals surface area contributed by atoms with Crippen LogP contribution in [0.15, 0.2) is 30.5 Å². The van der Waals surface area contributed by atoms with E-state index in [0.717, 1.165) is 6.26 Å². The third-order valence-electron chi connectivity index (χ3n) is 5.33. The summed E-state index contributed by atoms with van der Waals surface area (Å²) in [5, 5.41) is 8.05. The topological polar surface area (TPSA) is 142 Å². The second kappa shape index (κ2) is 10.4. The van der Waals surface area contributed by atoms with E-state index in [9.17, 15) is 31.2 Å². The van der Waals surface area contributed by atoms with Crippen LogP contribution in [0.3, 0.4) is 0 Å². The quantitative estimate of drug-likeness (QED) is 0.401. The monoisotopic (exact) mass is 621 g/mol. The lowest BCUT2D eigenvalue weighted by Crippen LogP contribution is -2.48. The van der Waals surface area contributed by atoms with Crippen LogP contribution >= 0.6 is 23.2 Å². The number of hydrogen-bond acceptors (Lipinski definition) is 8. The maximum Gasteiger partial charge on any atom is 0.435 e. The van der Waals surface area contributed by atoms with Crippen LogP contribution in [0, 0.1) is 0 Å². The number of nitrogens with one attached hydrogen (secondary N) is 2. The summed E-state index contributed by atoms with van der Waals surface area (Å²) in [6.07, 6.45) is -2.69. The molecule has 0 unspecified atom stereocenters. The second-order valence-electron chi connectivity index (χ2n) is 9.34. The Morgan fingerprint density at radius 1 is 1.12 bits per heavy atom. The summed E-state index contributed by atoms with van der Waals surface area (Å²) in [5.41, 5.74) is -4.00. The van der Waals surface area contributed by atoms with Gasteiger partial charge in [0.25, 0.3) is 11.8 Å². The molecule has 17 heteroatoms. The Balaban J connectivity index is 1.80. The van der Waals surface area contributed by atoms with Crippen molar-refractivity contribution < 1.29 is 40.7 Å². The summed E-state index contributed by atoms with van der Waals surface area (Å²) in [7, 11) is -3.52. The van der Waals surface area contributed by atoms with Crippen LogP contribution in [0.5, 0.6) is 11.5 Å². The lowest BCUT2D eigenvalue weighted by atomic mass is 10.0. The van der Waals surface area contributed by atoms with Crippen molar-refractivity contribution in [3.8, 4) is 17.3 Å². The normalized spacial score (nSPS) is 13.3. The van der Waals surface area contributed by atoms with Crippen molar-refractivity contribution in [2.45, 2.75) is 25.6 Å². The number of rotatable bonds is 7. The number of ether oxygens (including phenoxy) is 2. The number of anilines is 1. The molecule has 0 spiro atoms. The van der Waals surface area contributed by atoms with Gasteiger partial charge in [-0.3, -0.25) is 9.59 Å². The van der Waals surface area contributed by atoms with Crippen molar-refractivity contribution in [3.05, 3.63) is 57.5 Å². The summed E-state index contributed by atoms with van der Waals surface area (Å²) in [6, 6.07) is 4.50. The van der Waals surface area contributed by atoms with Crippen LogP contribution in [0.1, 0.15) is 40.4 Å². The van der Waals surface area contributed by atoms with Crippen LogP contribution in [0.4, 0.5) is 18.9 Å². The van der Waals surface area contributed by atoms with Gasteiger partial charge in [-0.1, -0.05) is 23.2 Å². The minimum Gasteiger partial charge on any atom is -0.454 e. The molecule has 0 saturated carbocycles. The fourth-order valence-corrected chi connectivity index (χ4v) is 5.79. The maximum absolute atomic E-state index is 13.5. The average molecular weight is 622 g/mol. The van der Waals surface area contributed by atoms with Crippen molar-refractivity contribution in [1.82, 2.24) is 20.1 Å². The molecule has 1 aromatic carbocycles. The zero-order valence-electron chi connectivity index (χ0n) is 20.9. The van der Waals surface area contributed by atoms with Gasteiger partial charge in [0.2, 0.25) is 6.79 Å². The molecule has 2 N–H and O–H groups in total. The zero-order valence-corrected chi connectivity index (χ0v) is 23.2. The molecule has 0 fully saturated rings. The largest absolute Gasteiger partial charge is 0.454 e. The highest BCUT2D eigenvalue weighted by molar-refractivity contribution is 7.90. The molecule has 2 amide bonds. The molecule has 4 rings (SSSR count). The number of hydrogen-bond donors (Lipinski definition) is 2. The number of carbonyl (C=O) groups is 2. The minimum atomic E-state index is -4.92. The van der Waals surface area contributed by atoms with E-state index in [1.165, 1.54) is 38.2 Å². The number of fused-ring (bicyclic) bond motifs is 1. The van der Waals surface area contributed by atoms with E-state index in [1.807, 2.05) is 0 Å². The van der Waals surface area contributed by atoms with Gasteiger partial charge in [0.05, 0.1) is 21.5 Å². The van der Waals surface area contributed by atoms with Crippen molar-refractivity contribution in [2.24, 2.45) is 0 Å². The number of halogens is 5. The number of carbonyl (C=O) groups excluding carboxylic acids is 2. The molecule has 214 valence electrons. The van der Waals surface area contributed by atoms with Crippen LogP contribution in [0.2, 0.25) is 10.0 Å². The van der Waals surface area contributed by atoms with Gasteiger partial charge >= 0.3 is 6.18 Å². The molecule has 0 radical (unpaired) electrons. The summed E-state index contributed by atoms with van der Waals surface area (Å²) >= 11 is 12.5. The molecular formula is C23H20Cl2F3N5O6S. The highest BCUT2D eigenvalue weighted by atomic mass is 35.5. The Morgan fingerprint density at radius 2 is 1.82 bits per heavy atom. The number of pyridine rings is 1. The third kappa shape index (κ3) is 6.26. The second-order valence-corrected chi connectivity index (χ2v) is 12.3. The first-order chi connectivity index (χ1) is 18.5. The summed E-state index contributed by atoms with van der Waals surface area (Å²) in [4.78, 5) is 30.7. The number of benzene rings is 1. The van der Waals surface area contributed by atoms with Gasteiger partial charge in [0.1, 0.15) is 21.1 Å². The molecule has 2 aromatic heterocycles. The lowest BCUT2D eigenvalue weighted by molar-refractivity contribution is -0.141. The molecule has 1 aliphatic rings. The molecule has 0 aliphatic carbocycles. The first-order valence-corrected chi connectivity index (χ1v) is 14.0. The van der Waals surface area contributed by atoms with Gasteiger partial charge in [-0.25, -0.2) is 18.1 Å². The average Bonchev–Trinajstić information content (AvgIpc) is 3.44. The first kappa shape index (κ1) is 29.4. The predicted octanol–water partition coefficient (Wildman–Crippen LogP) is 4.13. The molecule has 1 aliphatic heterocycles. The molecule has 40 heavy (non-hydrogen) atoms. The molecule has 0 bridgehead atoms. The van der Waals surface area contributed by atoms with Gasteiger partial charge in [0.15, 0.2) is 23.0 Å². The van der Waals surface area contributed by atoms with E-state index in [4.69, 9.17) is 32.7 Å². The van der Waals surface area contributed by atoms with Crippen LogP contribution < -0.4 is 20.1 Å². The number of alkyl halides is 3. The van der Waals surface area contributed by atoms with Crippen LogP contribution in [-0.2, 0) is 16.0 Å². The van der Waals surface area contributed by atoms with E-state index in [2.05, 4.69) is 20.7 Å². The third-order valence-corrected chi connectivity index (χ3v) is 7.17. The summed E-state index contributed by atoms with van der Waals surface area (Å²) in [6.45, 7) is 2.62. The maximum atomic E-state index is 13.5. The molecule has 3 aromatic rings. The van der Waals surface area contributed by atoms with E-state index in [1.54, 1.807) is 0 Å². The molecule has 3 heterocycles. The van der Waals surface area contributed by atoms with Crippen molar-refractivity contribution in [1.29, 1.82) is 0 Å². The SMILES string of the molecule is CC(C)(CS(C)(=O)=O)NC(=O)c1c(NC(=O)c2cc(C(F)(F)F)nn2-c2ncccc2Cl)c(Cl)cc2c1OCO2. The number of amides is 2. The zero-order chi connectivity index (χ0) is 29.6. The van der Waals surface area contributed by atoms with Gasteiger partial charge in [-0.15, -0.1) is 0 Å². The molecule has 11 nitrogen and oxygen atoms in total. The minimum absolute atomic E-state index is 0.0544. The Kier molecular flexibility index (Phi) is 7.68. The Hall–Kier alpha value is -3.56. The first-order valence-electron chi connectivity index (χ1n) is 11.2. The fraction of sp³-hybridized carbons (Fsp3) is 0.304. The van der Waals surface area contributed by atoms with E-state index >= 15 is 0 Å². The van der Waals surface area contributed by atoms with Crippen LogP contribution in [0.25, 0.3) is 5.82 Å². The van der Waals surface area contributed by atoms with E-state index in [-0.39, 0.29) is 45.4 Å². The molecule has 0 atom stereocenters. The lowest BCUT2D eigenvalue weighted by Gasteiger charge is -2.26. The highest BCUT2D eigenvalue weighted by Gasteiger charge is 2.38. The van der Waals surface area contributed by atoms with Gasteiger partial charge < -0.3 is 20.1 Å². The van der Waals surface area contributed by atoms with Crippen LogP contribution in [-0.4, -0.2) is 59.3 Å². The predicted molar refractivity (Wildman–Crippen MR) is 138 cm³/mol. The summed E-state index contributed by atoms with van der Waals surface area (Å²) < 4.78 is 75.6. The smallest absolute Gasteiger partial charge is 0.435 e. The van der Waals surface area contributed by atoms with Crippen molar-refractivity contribution >= 4 is 50.5 Å². The van der Waals surface area contributed by atoms with Crippen molar-refractivity contribution in [2.75, 3.05) is 24.1 Å². The van der Waals surface area contributed by atoms with Crippen molar-refractivity contribution in [3.63, 3.8) is 0 Å². The van der Waals surface area contributed by atoms with E-state index < -0.39 is 50.5 Å². The summed E-state index contributed by atoms with van der Waals surface area (Å²) in [5.74, 6) is -2.82. The van der Waals surface area contributed by atoms with Gasteiger partial charge in [-0.05, 0) is 26.0 Å². The Bertz CT molecular complexity index is 1630. The number of aromatic nitrogens is 3. The number of sulfone groups is 1. The Morgan fingerprint density at radius 3 is 2.45 bits per heavy atom. The molecular weight excluding hydrogens is 602 g/mol. The van der Waals surface area contributed by atoms with Gasteiger partial charge in [0, 0.05) is 30.1 Å². The van der Waals surface area contributed by atoms with Gasteiger partial charge in [-0.2, -0.15) is 18.3 Å². The Labute approximate surface area is 235 Å². The number of nitrogens with zero attached hydrogens (tertiary/aromatic N) is 3. The molecule has 0 saturated heterocycles. The fourth-order valence-electron chi connectivity index (χ4n) is 3.97. The highest BCUT2D eigenvalue weighted by Crippen LogP contribution is 2.44.